The molecule has 24 heavy (non-hydrogen) atoms. The van der Waals surface area contributed by atoms with Crippen molar-refractivity contribution in [1.82, 2.24) is 24.3 Å². The number of hydrogen-bond acceptors (Lipinski definition) is 5. The van der Waals surface area contributed by atoms with E-state index in [1.807, 2.05) is 16.5 Å². The van der Waals surface area contributed by atoms with Gasteiger partial charge in [-0.25, -0.2) is 14.8 Å². The van der Waals surface area contributed by atoms with Crippen molar-refractivity contribution in [3.05, 3.63) is 24.2 Å². The fraction of sp³-hybridized carbons (Fsp3) is 0.500. The monoisotopic (exact) mass is 329 g/mol. The van der Waals surface area contributed by atoms with E-state index in [4.69, 9.17) is 4.74 Å². The lowest BCUT2D eigenvalue weighted by atomic mass is 10.0. The molecular formula is C16H19N5O3. The average molecular weight is 329 g/mol. The van der Waals surface area contributed by atoms with Crippen LogP contribution in [-0.2, 0) is 11.8 Å². The maximum absolute atomic E-state index is 12.7. The summed E-state index contributed by atoms with van der Waals surface area (Å²) < 4.78 is 6.82. The van der Waals surface area contributed by atoms with Crippen LogP contribution in [0.1, 0.15) is 23.2 Å². The van der Waals surface area contributed by atoms with Gasteiger partial charge in [0.15, 0.2) is 5.65 Å². The van der Waals surface area contributed by atoms with Crippen LogP contribution in [0.3, 0.4) is 0 Å². The average Bonchev–Trinajstić information content (AvgIpc) is 3.20. The Balaban J connectivity index is 1.44. The number of ether oxygens (including phenoxy) is 1. The van der Waals surface area contributed by atoms with Crippen molar-refractivity contribution in [3.63, 3.8) is 0 Å². The second kappa shape index (κ2) is 5.77. The van der Waals surface area contributed by atoms with E-state index in [9.17, 15) is 9.59 Å². The van der Waals surface area contributed by atoms with Gasteiger partial charge >= 0.3 is 6.09 Å². The van der Waals surface area contributed by atoms with Crippen LogP contribution in [0, 0.1) is 0 Å². The molecule has 2 aromatic rings. The Morgan fingerprint density at radius 2 is 2.04 bits per heavy atom. The topological polar surface area (TPSA) is 80.6 Å². The minimum Gasteiger partial charge on any atom is -0.448 e. The fourth-order valence-electron chi connectivity index (χ4n) is 3.43. The van der Waals surface area contributed by atoms with Crippen molar-refractivity contribution in [2.75, 3.05) is 26.2 Å². The van der Waals surface area contributed by atoms with E-state index in [1.54, 1.807) is 23.5 Å². The Morgan fingerprint density at radius 1 is 1.25 bits per heavy atom. The minimum atomic E-state index is -0.232. The van der Waals surface area contributed by atoms with Gasteiger partial charge in [-0.2, -0.15) is 0 Å². The van der Waals surface area contributed by atoms with Crippen LogP contribution in [0.2, 0.25) is 0 Å². The summed E-state index contributed by atoms with van der Waals surface area (Å²) in [4.78, 5) is 36.5. The van der Waals surface area contributed by atoms with E-state index in [0.29, 0.717) is 31.8 Å². The molecular weight excluding hydrogens is 310 g/mol. The number of carbonyl (C=O) groups is 2. The number of pyridine rings is 1. The number of imidazole rings is 1. The summed E-state index contributed by atoms with van der Waals surface area (Å²) in [6, 6.07) is 1.95. The first kappa shape index (κ1) is 14.9. The summed E-state index contributed by atoms with van der Waals surface area (Å²) >= 11 is 0. The molecule has 8 heteroatoms. The zero-order valence-corrected chi connectivity index (χ0v) is 13.5. The highest BCUT2D eigenvalue weighted by molar-refractivity contribution is 5.96. The van der Waals surface area contributed by atoms with E-state index in [-0.39, 0.29) is 18.0 Å². The van der Waals surface area contributed by atoms with Crippen LogP contribution in [-0.4, -0.2) is 68.6 Å². The number of nitrogens with zero attached hydrogens (tertiary/aromatic N) is 5. The van der Waals surface area contributed by atoms with Gasteiger partial charge in [0.1, 0.15) is 12.1 Å². The van der Waals surface area contributed by atoms with Crippen LogP contribution < -0.4 is 0 Å². The molecule has 8 nitrogen and oxygen atoms in total. The number of likely N-dealkylation sites (tertiary alicyclic amines) is 1. The van der Waals surface area contributed by atoms with Crippen molar-refractivity contribution in [2.24, 2.45) is 7.05 Å². The molecule has 2 fully saturated rings. The SMILES string of the molecule is Cn1cnc2cc(C(=O)N3CCC(N4CCOC4=O)CC3)cnc21. The molecule has 126 valence electrons. The first-order valence-corrected chi connectivity index (χ1v) is 8.13. The van der Waals surface area contributed by atoms with Gasteiger partial charge in [-0.05, 0) is 18.9 Å². The second-order valence-electron chi connectivity index (χ2n) is 6.25. The first-order chi connectivity index (χ1) is 11.6. The van der Waals surface area contributed by atoms with Gasteiger partial charge in [-0.1, -0.05) is 0 Å². The largest absolute Gasteiger partial charge is 0.448 e. The number of aryl methyl sites for hydroxylation is 1. The maximum atomic E-state index is 12.7. The van der Waals surface area contributed by atoms with Crippen molar-refractivity contribution < 1.29 is 14.3 Å². The van der Waals surface area contributed by atoms with E-state index in [1.165, 1.54) is 0 Å². The zero-order chi connectivity index (χ0) is 16.7. The lowest BCUT2D eigenvalue weighted by Gasteiger charge is -2.35. The predicted octanol–water partition coefficient (Wildman–Crippen LogP) is 1.03. The number of aromatic nitrogens is 3. The molecule has 0 unspecified atom stereocenters. The van der Waals surface area contributed by atoms with E-state index in [0.717, 1.165) is 24.0 Å². The van der Waals surface area contributed by atoms with Crippen molar-refractivity contribution in [3.8, 4) is 0 Å². The number of piperidine rings is 1. The van der Waals surface area contributed by atoms with Gasteiger partial charge < -0.3 is 19.1 Å². The summed E-state index contributed by atoms with van der Waals surface area (Å²) in [5.74, 6) is -0.0301. The summed E-state index contributed by atoms with van der Waals surface area (Å²) in [5.41, 5.74) is 2.04. The Kier molecular flexibility index (Phi) is 3.59. The van der Waals surface area contributed by atoms with Gasteiger partial charge in [0.05, 0.1) is 18.4 Å². The highest BCUT2D eigenvalue weighted by atomic mass is 16.6. The van der Waals surface area contributed by atoms with Crippen molar-refractivity contribution in [2.45, 2.75) is 18.9 Å². The Hall–Kier alpha value is -2.64. The van der Waals surface area contributed by atoms with E-state index < -0.39 is 0 Å². The summed E-state index contributed by atoms with van der Waals surface area (Å²) in [6.45, 7) is 2.38. The lowest BCUT2D eigenvalue weighted by molar-refractivity contribution is 0.0658. The summed E-state index contributed by atoms with van der Waals surface area (Å²) in [7, 11) is 1.87. The molecule has 0 N–H and O–H groups in total. The molecule has 2 amide bonds. The number of rotatable bonds is 2. The molecule has 0 spiro atoms. The highest BCUT2D eigenvalue weighted by Gasteiger charge is 2.33. The molecule has 0 atom stereocenters. The normalized spacial score (nSPS) is 19.1. The third-order valence-electron chi connectivity index (χ3n) is 4.78. The van der Waals surface area contributed by atoms with Gasteiger partial charge in [0.2, 0.25) is 0 Å². The van der Waals surface area contributed by atoms with Crippen LogP contribution >= 0.6 is 0 Å². The van der Waals surface area contributed by atoms with Crippen molar-refractivity contribution in [1.29, 1.82) is 0 Å². The van der Waals surface area contributed by atoms with E-state index >= 15 is 0 Å². The Labute approximate surface area is 139 Å². The molecule has 0 bridgehead atoms. The number of amides is 2. The second-order valence-corrected chi connectivity index (χ2v) is 6.25. The molecule has 0 radical (unpaired) electrons. The third-order valence-corrected chi connectivity index (χ3v) is 4.78. The quantitative estimate of drug-likeness (QED) is 0.822. The molecule has 2 saturated heterocycles. The third kappa shape index (κ3) is 2.47. The summed E-state index contributed by atoms with van der Waals surface area (Å²) in [6.07, 6.45) is 4.62. The lowest BCUT2D eigenvalue weighted by Crippen LogP contribution is -2.47. The number of cyclic esters (lactones) is 1. The number of fused-ring (bicyclic) bond motifs is 1. The van der Waals surface area contributed by atoms with Crippen LogP contribution in [0.15, 0.2) is 18.6 Å². The molecule has 2 aromatic heterocycles. The van der Waals surface area contributed by atoms with Crippen LogP contribution in [0.4, 0.5) is 4.79 Å². The van der Waals surface area contributed by atoms with Crippen molar-refractivity contribution >= 4 is 23.2 Å². The van der Waals surface area contributed by atoms with Gasteiger partial charge in [0, 0.05) is 32.4 Å². The van der Waals surface area contributed by atoms with Gasteiger partial charge in [-0.3, -0.25) is 4.79 Å². The van der Waals surface area contributed by atoms with Crippen LogP contribution in [0.25, 0.3) is 11.2 Å². The maximum Gasteiger partial charge on any atom is 0.410 e. The Bertz CT molecular complexity index is 794. The van der Waals surface area contributed by atoms with Gasteiger partial charge in [0.25, 0.3) is 5.91 Å². The zero-order valence-electron chi connectivity index (χ0n) is 13.5. The highest BCUT2D eigenvalue weighted by Crippen LogP contribution is 2.21. The molecule has 4 rings (SSSR count). The Morgan fingerprint density at radius 3 is 2.75 bits per heavy atom. The van der Waals surface area contributed by atoms with Crippen LogP contribution in [0.5, 0.6) is 0 Å². The minimum absolute atomic E-state index is 0.0301. The summed E-state index contributed by atoms with van der Waals surface area (Å²) in [5, 5.41) is 0. The molecule has 2 aliphatic heterocycles. The molecule has 2 aliphatic rings. The number of hydrogen-bond donors (Lipinski definition) is 0. The molecule has 0 aliphatic carbocycles. The predicted molar refractivity (Wildman–Crippen MR) is 85.5 cm³/mol. The smallest absolute Gasteiger partial charge is 0.410 e. The molecule has 4 heterocycles. The van der Waals surface area contributed by atoms with Gasteiger partial charge in [-0.15, -0.1) is 0 Å². The first-order valence-electron chi connectivity index (χ1n) is 8.13. The molecule has 0 saturated carbocycles. The standard InChI is InChI=1S/C16H19N5O3/c1-19-10-18-13-8-11(9-17-14(13)19)15(22)20-4-2-12(3-5-20)21-6-7-24-16(21)23/h8-10,12H,2-7H2,1H3. The number of carbonyl (C=O) groups excluding carboxylic acids is 2. The fourth-order valence-corrected chi connectivity index (χ4v) is 3.43. The van der Waals surface area contributed by atoms with E-state index in [2.05, 4.69) is 9.97 Å². The molecule has 0 aromatic carbocycles.